The molecule has 0 aliphatic carbocycles. The number of para-hydroxylation sites is 1. The van der Waals surface area contributed by atoms with Crippen molar-refractivity contribution < 1.29 is 18.3 Å². The van der Waals surface area contributed by atoms with Crippen molar-refractivity contribution in [3.8, 4) is 5.75 Å². The molecule has 0 aliphatic rings. The summed E-state index contributed by atoms with van der Waals surface area (Å²) in [6, 6.07) is 9.92. The number of benzene rings is 1. The summed E-state index contributed by atoms with van der Waals surface area (Å²) in [5.74, 6) is 0.265. The van der Waals surface area contributed by atoms with Crippen LogP contribution in [0.25, 0.3) is 0 Å². The summed E-state index contributed by atoms with van der Waals surface area (Å²) in [7, 11) is -2.34. The van der Waals surface area contributed by atoms with E-state index in [4.69, 9.17) is 4.74 Å². The van der Waals surface area contributed by atoms with E-state index in [2.05, 4.69) is 4.72 Å². The average Bonchev–Trinajstić information content (AvgIpc) is 3.00. The van der Waals surface area contributed by atoms with E-state index < -0.39 is 15.6 Å². The molecule has 1 aromatic heterocycles. The van der Waals surface area contributed by atoms with E-state index in [9.17, 15) is 13.5 Å². The fourth-order valence-electron chi connectivity index (χ4n) is 1.83. The highest BCUT2D eigenvalue weighted by molar-refractivity contribution is 7.89. The molecular formula is C14H17NO4S2. The lowest BCUT2D eigenvalue weighted by Gasteiger charge is -2.22. The van der Waals surface area contributed by atoms with Gasteiger partial charge in [-0.25, -0.2) is 13.1 Å². The summed E-state index contributed by atoms with van der Waals surface area (Å²) in [5.41, 5.74) is -1.26. The summed E-state index contributed by atoms with van der Waals surface area (Å²) in [4.78, 5) is 0.750. The van der Waals surface area contributed by atoms with Crippen LogP contribution >= 0.6 is 11.3 Å². The molecule has 7 heteroatoms. The fourth-order valence-corrected chi connectivity index (χ4v) is 3.91. The minimum atomic E-state index is -3.76. The van der Waals surface area contributed by atoms with Gasteiger partial charge in [0.15, 0.2) is 0 Å². The first kappa shape index (κ1) is 16.0. The quantitative estimate of drug-likeness (QED) is 0.850. The van der Waals surface area contributed by atoms with Crippen LogP contribution in [0.2, 0.25) is 0 Å². The molecular weight excluding hydrogens is 310 g/mol. The molecule has 21 heavy (non-hydrogen) atoms. The number of rotatable bonds is 6. The second-order valence-corrected chi connectivity index (χ2v) is 7.41. The Labute approximate surface area is 128 Å². The van der Waals surface area contributed by atoms with E-state index in [-0.39, 0.29) is 17.2 Å². The van der Waals surface area contributed by atoms with E-state index in [0.717, 1.165) is 0 Å². The summed E-state index contributed by atoms with van der Waals surface area (Å²) in [6.07, 6.45) is 0. The monoisotopic (exact) mass is 327 g/mol. The summed E-state index contributed by atoms with van der Waals surface area (Å²) < 4.78 is 32.1. The second-order valence-electron chi connectivity index (χ2n) is 4.73. The second kappa shape index (κ2) is 6.15. The van der Waals surface area contributed by atoms with Crippen LogP contribution in [-0.4, -0.2) is 27.2 Å². The fraction of sp³-hybridized carbons (Fsp3) is 0.286. The van der Waals surface area contributed by atoms with Crippen molar-refractivity contribution in [1.29, 1.82) is 0 Å². The molecule has 1 unspecified atom stereocenters. The van der Waals surface area contributed by atoms with Crippen molar-refractivity contribution >= 4 is 21.4 Å². The van der Waals surface area contributed by atoms with Gasteiger partial charge in [-0.15, -0.1) is 11.3 Å². The van der Waals surface area contributed by atoms with E-state index in [1.807, 2.05) is 11.4 Å². The maximum atomic E-state index is 12.3. The van der Waals surface area contributed by atoms with Gasteiger partial charge in [-0.05, 0) is 30.5 Å². The largest absolute Gasteiger partial charge is 0.495 e. The molecule has 0 radical (unpaired) electrons. The summed E-state index contributed by atoms with van der Waals surface area (Å²) in [6.45, 7) is 1.46. The van der Waals surface area contributed by atoms with Crippen LogP contribution < -0.4 is 9.46 Å². The molecule has 0 bridgehead atoms. The van der Waals surface area contributed by atoms with Gasteiger partial charge in [-0.3, -0.25) is 0 Å². The molecule has 1 aromatic carbocycles. The third-order valence-electron chi connectivity index (χ3n) is 3.02. The molecule has 5 nitrogen and oxygen atoms in total. The molecule has 0 aliphatic heterocycles. The highest BCUT2D eigenvalue weighted by Gasteiger charge is 2.28. The summed E-state index contributed by atoms with van der Waals surface area (Å²) >= 11 is 1.37. The van der Waals surface area contributed by atoms with Crippen molar-refractivity contribution in [3.05, 3.63) is 46.7 Å². The van der Waals surface area contributed by atoms with Gasteiger partial charge in [0.25, 0.3) is 0 Å². The van der Waals surface area contributed by atoms with E-state index in [1.165, 1.54) is 24.5 Å². The van der Waals surface area contributed by atoms with Gasteiger partial charge >= 0.3 is 0 Å². The summed E-state index contributed by atoms with van der Waals surface area (Å²) in [5, 5.41) is 12.2. The lowest BCUT2D eigenvalue weighted by atomic mass is 10.1. The van der Waals surface area contributed by atoms with Crippen LogP contribution in [0, 0.1) is 0 Å². The SMILES string of the molecule is COc1ccccc1S(=O)(=O)NCC(C)(O)c1cccs1. The highest BCUT2D eigenvalue weighted by atomic mass is 32.2. The Bertz CT molecular complexity index is 694. The van der Waals surface area contributed by atoms with Crippen LogP contribution in [0.3, 0.4) is 0 Å². The van der Waals surface area contributed by atoms with E-state index in [0.29, 0.717) is 4.88 Å². The van der Waals surface area contributed by atoms with Gasteiger partial charge in [0.2, 0.25) is 10.0 Å². The molecule has 2 N–H and O–H groups in total. The lowest BCUT2D eigenvalue weighted by Crippen LogP contribution is -2.38. The Kier molecular flexibility index (Phi) is 4.67. The van der Waals surface area contributed by atoms with Gasteiger partial charge in [0, 0.05) is 11.4 Å². The zero-order valence-corrected chi connectivity index (χ0v) is 13.4. The first-order valence-corrected chi connectivity index (χ1v) is 8.62. The molecule has 114 valence electrons. The lowest BCUT2D eigenvalue weighted by molar-refractivity contribution is 0.0666. The van der Waals surface area contributed by atoms with Gasteiger partial charge < -0.3 is 9.84 Å². The number of ether oxygens (including phenoxy) is 1. The van der Waals surface area contributed by atoms with E-state index in [1.54, 1.807) is 31.2 Å². The Balaban J connectivity index is 2.19. The third-order valence-corrected chi connectivity index (χ3v) is 5.58. The first-order chi connectivity index (χ1) is 9.87. The zero-order chi connectivity index (χ0) is 15.5. The number of thiophene rings is 1. The topological polar surface area (TPSA) is 75.6 Å². The Hall–Kier alpha value is -1.41. The number of aliphatic hydroxyl groups is 1. The van der Waals surface area contributed by atoms with Crippen LogP contribution in [0.4, 0.5) is 0 Å². The maximum Gasteiger partial charge on any atom is 0.244 e. The van der Waals surface area contributed by atoms with Crippen molar-refractivity contribution in [3.63, 3.8) is 0 Å². The van der Waals surface area contributed by atoms with Crippen LogP contribution in [-0.2, 0) is 15.6 Å². The Morgan fingerprint density at radius 3 is 2.62 bits per heavy atom. The van der Waals surface area contributed by atoms with Gasteiger partial charge in [-0.1, -0.05) is 18.2 Å². The van der Waals surface area contributed by atoms with Gasteiger partial charge in [-0.2, -0.15) is 0 Å². The van der Waals surface area contributed by atoms with Crippen molar-refractivity contribution in [1.82, 2.24) is 4.72 Å². The first-order valence-electron chi connectivity index (χ1n) is 6.26. The Morgan fingerprint density at radius 1 is 1.29 bits per heavy atom. The van der Waals surface area contributed by atoms with Crippen LogP contribution in [0.15, 0.2) is 46.7 Å². The predicted molar refractivity (Wildman–Crippen MR) is 82.1 cm³/mol. The van der Waals surface area contributed by atoms with Crippen molar-refractivity contribution in [2.75, 3.05) is 13.7 Å². The number of nitrogens with one attached hydrogen (secondary N) is 1. The molecule has 0 fully saturated rings. The zero-order valence-electron chi connectivity index (χ0n) is 11.7. The normalized spacial score (nSPS) is 14.6. The highest BCUT2D eigenvalue weighted by Crippen LogP contribution is 2.26. The minimum Gasteiger partial charge on any atom is -0.495 e. The molecule has 0 saturated heterocycles. The molecule has 0 amide bonds. The van der Waals surface area contributed by atoms with Crippen LogP contribution in [0.1, 0.15) is 11.8 Å². The minimum absolute atomic E-state index is 0.0504. The van der Waals surface area contributed by atoms with Crippen LogP contribution in [0.5, 0.6) is 5.75 Å². The Morgan fingerprint density at radius 2 is 2.00 bits per heavy atom. The molecule has 0 spiro atoms. The average molecular weight is 327 g/mol. The molecule has 2 rings (SSSR count). The number of hydrogen-bond acceptors (Lipinski definition) is 5. The van der Waals surface area contributed by atoms with Crippen molar-refractivity contribution in [2.45, 2.75) is 17.4 Å². The third kappa shape index (κ3) is 3.62. The molecule has 1 heterocycles. The maximum absolute atomic E-state index is 12.3. The molecule has 2 aromatic rings. The molecule has 1 atom stereocenters. The van der Waals surface area contributed by atoms with Gasteiger partial charge in [0.05, 0.1) is 7.11 Å². The van der Waals surface area contributed by atoms with E-state index >= 15 is 0 Å². The number of methoxy groups -OCH3 is 1. The number of hydrogen-bond donors (Lipinski definition) is 2. The predicted octanol–water partition coefficient (Wildman–Crippen LogP) is 1.94. The van der Waals surface area contributed by atoms with Crippen molar-refractivity contribution in [2.24, 2.45) is 0 Å². The molecule has 0 saturated carbocycles. The number of sulfonamides is 1. The smallest absolute Gasteiger partial charge is 0.244 e. The standard InChI is InChI=1S/C14H17NO4S2/c1-14(16,13-8-5-9-20-13)10-15-21(17,18)12-7-4-3-6-11(12)19-2/h3-9,15-16H,10H2,1-2H3. The van der Waals surface area contributed by atoms with Gasteiger partial charge in [0.1, 0.15) is 16.2 Å².